The topological polar surface area (TPSA) is 54.5 Å². The minimum absolute atomic E-state index is 0.226. The number of rotatable bonds is 3. The lowest BCUT2D eigenvalue weighted by molar-refractivity contribution is -0.135. The van der Waals surface area contributed by atoms with E-state index in [4.69, 9.17) is 0 Å². The summed E-state index contributed by atoms with van der Waals surface area (Å²) >= 11 is 0. The minimum Gasteiger partial charge on any atom is -0.292 e. The number of imide groups is 1. The van der Waals surface area contributed by atoms with Crippen LogP contribution in [0.4, 0.5) is 0 Å². The second-order valence-corrected chi connectivity index (χ2v) is 4.39. The van der Waals surface area contributed by atoms with E-state index < -0.39 is 11.8 Å². The average Bonchev–Trinajstić information content (AvgIpc) is 2.71. The van der Waals surface area contributed by atoms with Crippen LogP contribution < -0.4 is 0 Å². The summed E-state index contributed by atoms with van der Waals surface area (Å²) in [7, 11) is 0. The molecule has 0 radical (unpaired) electrons. The fourth-order valence-electron chi connectivity index (χ4n) is 2.17. The van der Waals surface area contributed by atoms with Gasteiger partial charge in [-0.1, -0.05) is 42.5 Å². The number of hydrogen-bond acceptors (Lipinski definition) is 3. The molecule has 20 heavy (non-hydrogen) atoms. The van der Waals surface area contributed by atoms with Crippen molar-refractivity contribution in [1.82, 2.24) is 4.90 Å². The van der Waals surface area contributed by atoms with Gasteiger partial charge >= 0.3 is 0 Å². The summed E-state index contributed by atoms with van der Waals surface area (Å²) < 4.78 is 0. The van der Waals surface area contributed by atoms with Crippen molar-refractivity contribution in [2.75, 3.05) is 6.54 Å². The van der Waals surface area contributed by atoms with Gasteiger partial charge in [0.15, 0.2) is 5.78 Å². The van der Waals surface area contributed by atoms with Gasteiger partial charge in [0.1, 0.15) is 0 Å². The third kappa shape index (κ3) is 2.32. The van der Waals surface area contributed by atoms with Crippen LogP contribution in [-0.2, 0) is 9.59 Å². The lowest BCUT2D eigenvalue weighted by Crippen LogP contribution is -2.34. The van der Waals surface area contributed by atoms with Gasteiger partial charge < -0.3 is 0 Å². The van der Waals surface area contributed by atoms with Gasteiger partial charge in [0.05, 0.1) is 6.54 Å². The van der Waals surface area contributed by atoms with E-state index in [1.54, 1.807) is 56.3 Å². The molecule has 1 aliphatic heterocycles. The highest BCUT2D eigenvalue weighted by Crippen LogP contribution is 2.24. The van der Waals surface area contributed by atoms with Crippen molar-refractivity contribution in [3.05, 3.63) is 59.2 Å². The molecule has 1 fully saturated rings. The van der Waals surface area contributed by atoms with Crippen molar-refractivity contribution in [2.45, 2.75) is 13.8 Å². The molecule has 4 heteroatoms. The summed E-state index contributed by atoms with van der Waals surface area (Å²) in [5.74, 6) is -1.06. The molecule has 0 atom stereocenters. The van der Waals surface area contributed by atoms with Crippen LogP contribution in [0.3, 0.4) is 0 Å². The van der Waals surface area contributed by atoms with Crippen LogP contribution in [-0.4, -0.2) is 29.0 Å². The van der Waals surface area contributed by atoms with Crippen LogP contribution in [0.25, 0.3) is 0 Å². The quantitative estimate of drug-likeness (QED) is 0.480. The normalized spacial score (nSPS) is 19.2. The lowest BCUT2D eigenvalue weighted by atomic mass is 10.1. The molecule has 2 rings (SSSR count). The van der Waals surface area contributed by atoms with Gasteiger partial charge in [-0.2, -0.15) is 0 Å². The zero-order chi connectivity index (χ0) is 14.7. The van der Waals surface area contributed by atoms with Crippen molar-refractivity contribution < 1.29 is 14.4 Å². The molecule has 0 N–H and O–H groups in total. The number of carbonyl (C=O) groups is 3. The predicted molar refractivity (Wildman–Crippen MR) is 75.0 cm³/mol. The third-order valence-electron chi connectivity index (χ3n) is 3.22. The number of amides is 2. The smallest absolute Gasteiger partial charge is 0.261 e. The van der Waals surface area contributed by atoms with Crippen molar-refractivity contribution in [1.29, 1.82) is 0 Å². The number of likely N-dealkylation sites (tertiary alicyclic amines) is 1. The SMILES string of the molecule is C/C=C1/C(=O)N(CC(=O)c2ccccc2)C(=O)/C1=C/C. The van der Waals surface area contributed by atoms with E-state index in [-0.39, 0.29) is 12.3 Å². The van der Waals surface area contributed by atoms with Gasteiger partial charge in [0, 0.05) is 16.7 Å². The van der Waals surface area contributed by atoms with Crippen LogP contribution in [0.2, 0.25) is 0 Å². The Morgan fingerprint density at radius 2 is 1.50 bits per heavy atom. The first kappa shape index (κ1) is 13.9. The van der Waals surface area contributed by atoms with Gasteiger partial charge in [-0.25, -0.2) is 0 Å². The van der Waals surface area contributed by atoms with E-state index in [2.05, 4.69) is 0 Å². The van der Waals surface area contributed by atoms with Crippen LogP contribution >= 0.6 is 0 Å². The first-order chi connectivity index (χ1) is 9.60. The zero-order valence-electron chi connectivity index (χ0n) is 11.4. The standard InChI is InChI=1S/C16H15NO3/c1-3-12-13(4-2)16(20)17(15(12)19)10-14(18)11-8-6-5-7-9-11/h3-9H,10H2,1-2H3/b12-3+,13-4+. The first-order valence-corrected chi connectivity index (χ1v) is 6.37. The molecule has 102 valence electrons. The van der Waals surface area contributed by atoms with Crippen molar-refractivity contribution >= 4 is 17.6 Å². The molecule has 1 saturated heterocycles. The van der Waals surface area contributed by atoms with E-state index in [0.717, 1.165) is 4.90 Å². The summed E-state index contributed by atoms with van der Waals surface area (Å²) in [4.78, 5) is 37.4. The molecule has 0 saturated carbocycles. The van der Waals surface area contributed by atoms with E-state index in [1.165, 1.54) is 0 Å². The zero-order valence-corrected chi connectivity index (χ0v) is 11.4. The number of allylic oxidation sites excluding steroid dienone is 2. The van der Waals surface area contributed by atoms with Crippen LogP contribution in [0.15, 0.2) is 53.6 Å². The summed E-state index contributed by atoms with van der Waals surface area (Å²) in [5.41, 5.74) is 1.21. The molecule has 0 aliphatic carbocycles. The summed E-state index contributed by atoms with van der Waals surface area (Å²) in [6, 6.07) is 8.63. The number of carbonyl (C=O) groups excluding carboxylic acids is 3. The van der Waals surface area contributed by atoms with Crippen LogP contribution in [0, 0.1) is 0 Å². The second-order valence-electron chi connectivity index (χ2n) is 4.39. The highest BCUT2D eigenvalue weighted by atomic mass is 16.2. The predicted octanol–water partition coefficient (Wildman–Crippen LogP) is 2.13. The first-order valence-electron chi connectivity index (χ1n) is 6.37. The molecule has 0 unspecified atom stereocenters. The molecule has 1 aliphatic rings. The Balaban J connectivity index is 2.25. The van der Waals surface area contributed by atoms with Gasteiger partial charge in [0.2, 0.25) is 0 Å². The number of ketones is 1. The average molecular weight is 269 g/mol. The highest BCUT2D eigenvalue weighted by molar-refractivity contribution is 6.25. The van der Waals surface area contributed by atoms with Gasteiger partial charge in [-0.05, 0) is 13.8 Å². The van der Waals surface area contributed by atoms with E-state index in [1.807, 2.05) is 0 Å². The molecule has 4 nitrogen and oxygen atoms in total. The molecule has 1 heterocycles. The fraction of sp³-hybridized carbons (Fsp3) is 0.188. The molecule has 0 aromatic heterocycles. The Morgan fingerprint density at radius 1 is 1.00 bits per heavy atom. The van der Waals surface area contributed by atoms with E-state index in [0.29, 0.717) is 16.7 Å². The summed E-state index contributed by atoms with van der Waals surface area (Å²) in [6.07, 6.45) is 3.20. The molecular weight excluding hydrogens is 254 g/mol. The molecular formula is C16H15NO3. The van der Waals surface area contributed by atoms with E-state index >= 15 is 0 Å². The molecule has 0 bridgehead atoms. The van der Waals surface area contributed by atoms with Gasteiger partial charge in [-0.3, -0.25) is 19.3 Å². The Morgan fingerprint density at radius 3 is 1.95 bits per heavy atom. The minimum atomic E-state index is -0.408. The number of Topliss-reactive ketones (excluding diaryl/α,β-unsaturated/α-hetero) is 1. The maximum absolute atomic E-state index is 12.1. The maximum Gasteiger partial charge on any atom is 0.261 e. The largest absolute Gasteiger partial charge is 0.292 e. The number of benzene rings is 1. The Hall–Kier alpha value is -2.49. The summed E-state index contributed by atoms with van der Waals surface area (Å²) in [5, 5.41) is 0. The fourth-order valence-corrected chi connectivity index (χ4v) is 2.17. The molecule has 1 aromatic rings. The number of hydrogen-bond donors (Lipinski definition) is 0. The number of nitrogens with zero attached hydrogens (tertiary/aromatic N) is 1. The van der Waals surface area contributed by atoms with Crippen molar-refractivity contribution in [3.8, 4) is 0 Å². The molecule has 2 amide bonds. The summed E-state index contributed by atoms with van der Waals surface area (Å²) in [6.45, 7) is 3.18. The van der Waals surface area contributed by atoms with Crippen molar-refractivity contribution in [2.24, 2.45) is 0 Å². The monoisotopic (exact) mass is 269 g/mol. The van der Waals surface area contributed by atoms with Crippen molar-refractivity contribution in [3.63, 3.8) is 0 Å². The Kier molecular flexibility index (Phi) is 3.94. The van der Waals surface area contributed by atoms with E-state index in [9.17, 15) is 14.4 Å². The lowest BCUT2D eigenvalue weighted by Gasteiger charge is -2.11. The maximum atomic E-state index is 12.1. The van der Waals surface area contributed by atoms with Crippen LogP contribution in [0.5, 0.6) is 0 Å². The van der Waals surface area contributed by atoms with Gasteiger partial charge in [0.25, 0.3) is 11.8 Å². The highest BCUT2D eigenvalue weighted by Gasteiger charge is 2.38. The Bertz CT molecular complexity index is 596. The Labute approximate surface area is 117 Å². The molecule has 1 aromatic carbocycles. The molecule has 0 spiro atoms. The third-order valence-corrected chi connectivity index (χ3v) is 3.22. The van der Waals surface area contributed by atoms with Crippen LogP contribution in [0.1, 0.15) is 24.2 Å². The van der Waals surface area contributed by atoms with Gasteiger partial charge in [-0.15, -0.1) is 0 Å². The second kappa shape index (κ2) is 5.65.